The molecule has 0 amide bonds. The van der Waals surface area contributed by atoms with Crippen LogP contribution in [0.1, 0.15) is 58.8 Å². The first-order valence-electron chi connectivity index (χ1n) is 9.60. The first kappa shape index (κ1) is 19.5. The van der Waals surface area contributed by atoms with Crippen molar-refractivity contribution in [3.8, 4) is 0 Å². The molecular weight excluding hydrogens is 310 g/mol. The number of halogens is 1. The quantitative estimate of drug-likeness (QED) is 0.611. The summed E-state index contributed by atoms with van der Waals surface area (Å²) in [7, 11) is 0. The monoisotopic (exact) mass is 344 g/mol. The number of rotatable bonds is 9. The molecule has 1 N–H and O–H groups in total. The Morgan fingerprint density at radius 3 is 2.04 bits per heavy atom. The minimum Gasteiger partial charge on any atom is -1.00 e. The third-order valence-corrected chi connectivity index (χ3v) is 6.62. The largest absolute Gasteiger partial charge is 1.00 e. The number of aliphatic hydroxyl groups excluding tert-OH is 1. The first-order valence-corrected chi connectivity index (χ1v) is 9.60. The zero-order valence-electron chi connectivity index (χ0n) is 15.0. The molecule has 4 fully saturated rings. The van der Waals surface area contributed by atoms with Gasteiger partial charge in [-0.05, 0) is 81.2 Å². The Bertz CT molecular complexity index is 324. The molecule has 3 nitrogen and oxygen atoms in total. The molecule has 4 saturated carbocycles. The third-order valence-electron chi connectivity index (χ3n) is 6.62. The van der Waals surface area contributed by atoms with Crippen molar-refractivity contribution in [2.24, 2.45) is 23.2 Å². The van der Waals surface area contributed by atoms with Gasteiger partial charge in [-0.3, -0.25) is 0 Å². The highest BCUT2D eigenvalue weighted by atomic mass is 35.5. The van der Waals surface area contributed by atoms with E-state index in [1.54, 1.807) is 0 Å². The second kappa shape index (κ2) is 8.51. The molecule has 0 radical (unpaired) electrons. The minimum atomic E-state index is -0.337. The average Bonchev–Trinajstić information content (AvgIpc) is 2.48. The molecule has 136 valence electrons. The molecule has 4 bridgehead atoms. The zero-order valence-corrected chi connectivity index (χ0v) is 15.7. The molecule has 0 spiro atoms. The number of likely N-dealkylation sites (N-methyl/N-ethyl adjacent to an activating group) is 1. The van der Waals surface area contributed by atoms with E-state index in [4.69, 9.17) is 4.74 Å². The summed E-state index contributed by atoms with van der Waals surface area (Å²) in [5, 5.41) is 10.1. The summed E-state index contributed by atoms with van der Waals surface area (Å²) in [6, 6.07) is 0. The van der Waals surface area contributed by atoms with E-state index in [1.165, 1.54) is 44.9 Å². The number of hydrogen-bond donors (Lipinski definition) is 1. The lowest BCUT2D eigenvalue weighted by atomic mass is 9.49. The van der Waals surface area contributed by atoms with Crippen LogP contribution in [0.3, 0.4) is 0 Å². The van der Waals surface area contributed by atoms with Crippen molar-refractivity contribution in [2.45, 2.75) is 64.9 Å². The van der Waals surface area contributed by atoms with Gasteiger partial charge in [0.1, 0.15) is 0 Å². The average molecular weight is 345 g/mol. The lowest BCUT2D eigenvalue weighted by Crippen LogP contribution is -3.00. The van der Waals surface area contributed by atoms with E-state index < -0.39 is 0 Å². The van der Waals surface area contributed by atoms with Crippen LogP contribution in [0, 0.1) is 23.2 Å². The van der Waals surface area contributed by atoms with E-state index in [9.17, 15) is 5.11 Å². The van der Waals surface area contributed by atoms with Crippen LogP contribution in [0.15, 0.2) is 0 Å². The Morgan fingerprint density at radius 2 is 1.57 bits per heavy atom. The van der Waals surface area contributed by atoms with Crippen LogP contribution in [-0.4, -0.2) is 49.0 Å². The van der Waals surface area contributed by atoms with Gasteiger partial charge >= 0.3 is 0 Å². The van der Waals surface area contributed by atoms with E-state index >= 15 is 0 Å². The maximum Gasteiger partial charge on any atom is 0.0900 e. The molecule has 4 rings (SSSR count). The number of ether oxygens (including phenoxy) is 1. The van der Waals surface area contributed by atoms with Crippen molar-refractivity contribution in [3.05, 3.63) is 0 Å². The Labute approximate surface area is 148 Å². The normalized spacial score (nSPS) is 36.3. The van der Waals surface area contributed by atoms with E-state index in [-0.39, 0.29) is 18.5 Å². The topological polar surface area (TPSA) is 32.7 Å². The highest BCUT2D eigenvalue weighted by Crippen LogP contribution is 2.61. The number of aliphatic hydroxyl groups is 1. The Kier molecular flexibility index (Phi) is 7.21. The molecule has 0 aliphatic heterocycles. The van der Waals surface area contributed by atoms with E-state index in [2.05, 4.69) is 18.7 Å². The maximum atomic E-state index is 10.1. The molecule has 0 heterocycles. The van der Waals surface area contributed by atoms with Crippen molar-refractivity contribution in [1.82, 2.24) is 4.90 Å². The molecular formula is C19H35ClNO2-. The molecule has 0 aromatic heterocycles. The van der Waals surface area contributed by atoms with Gasteiger partial charge in [0, 0.05) is 13.2 Å². The summed E-state index contributed by atoms with van der Waals surface area (Å²) in [6.45, 7) is 8.38. The molecule has 0 saturated heterocycles. The van der Waals surface area contributed by atoms with Crippen LogP contribution in [0.5, 0.6) is 0 Å². The molecule has 4 heteroatoms. The fourth-order valence-corrected chi connectivity index (χ4v) is 5.94. The van der Waals surface area contributed by atoms with Crippen molar-refractivity contribution in [3.63, 3.8) is 0 Å². The second-order valence-electron chi connectivity index (χ2n) is 8.38. The summed E-state index contributed by atoms with van der Waals surface area (Å²) in [6.07, 6.45) is 9.83. The van der Waals surface area contributed by atoms with Crippen molar-refractivity contribution >= 4 is 0 Å². The van der Waals surface area contributed by atoms with Crippen LogP contribution in [0.25, 0.3) is 0 Å². The van der Waals surface area contributed by atoms with Gasteiger partial charge in [-0.25, -0.2) is 0 Å². The summed E-state index contributed by atoms with van der Waals surface area (Å²) < 4.78 is 5.85. The van der Waals surface area contributed by atoms with Gasteiger partial charge in [0.05, 0.1) is 12.7 Å². The fourth-order valence-electron chi connectivity index (χ4n) is 5.94. The summed E-state index contributed by atoms with van der Waals surface area (Å²) in [5.74, 6) is 3.08. The second-order valence-corrected chi connectivity index (χ2v) is 8.38. The highest BCUT2D eigenvalue weighted by Gasteiger charge is 2.50. The fraction of sp³-hybridized carbons (Fsp3) is 1.00. The van der Waals surface area contributed by atoms with Gasteiger partial charge in [0.15, 0.2) is 0 Å². The lowest BCUT2D eigenvalue weighted by Gasteiger charge is -2.57. The summed E-state index contributed by atoms with van der Waals surface area (Å²) in [5.41, 5.74) is 0.610. The number of nitrogens with zero attached hydrogens (tertiary/aromatic N) is 1. The molecule has 0 aromatic rings. The first-order chi connectivity index (χ1) is 10.6. The van der Waals surface area contributed by atoms with E-state index in [0.717, 1.165) is 44.0 Å². The molecule has 0 aromatic carbocycles. The predicted molar refractivity (Wildman–Crippen MR) is 89.8 cm³/mol. The Hall–Kier alpha value is 0.170. The SMILES string of the molecule is CCN(CC)CC(O)COCCC12CC3CC(CC(C3)C1)C2.[Cl-]. The van der Waals surface area contributed by atoms with Crippen LogP contribution >= 0.6 is 0 Å². The molecule has 4 aliphatic carbocycles. The van der Waals surface area contributed by atoms with Gasteiger partial charge in [-0.15, -0.1) is 0 Å². The molecule has 1 unspecified atom stereocenters. The van der Waals surface area contributed by atoms with Crippen molar-refractivity contribution < 1.29 is 22.3 Å². The van der Waals surface area contributed by atoms with Gasteiger partial charge in [0.25, 0.3) is 0 Å². The Morgan fingerprint density at radius 1 is 1.04 bits per heavy atom. The predicted octanol–water partition coefficient (Wildman–Crippen LogP) is 0.316. The summed E-state index contributed by atoms with van der Waals surface area (Å²) >= 11 is 0. The van der Waals surface area contributed by atoms with Crippen LogP contribution in [-0.2, 0) is 4.74 Å². The zero-order chi connectivity index (χ0) is 15.6. The van der Waals surface area contributed by atoms with Crippen molar-refractivity contribution in [1.29, 1.82) is 0 Å². The van der Waals surface area contributed by atoms with Gasteiger partial charge in [-0.1, -0.05) is 13.8 Å². The van der Waals surface area contributed by atoms with Crippen LogP contribution < -0.4 is 12.4 Å². The van der Waals surface area contributed by atoms with E-state index in [1.807, 2.05) is 0 Å². The standard InChI is InChI=1S/C19H35NO2.ClH/c1-3-20(4-2)13-18(21)14-22-6-5-19-10-15-7-16(11-19)9-17(8-15)12-19;/h15-18,21H,3-14H2,1-2H3;1H/p-1. The minimum absolute atomic E-state index is 0. The van der Waals surface area contributed by atoms with Gasteiger partial charge in [0.2, 0.25) is 0 Å². The van der Waals surface area contributed by atoms with Crippen LogP contribution in [0.4, 0.5) is 0 Å². The van der Waals surface area contributed by atoms with E-state index in [0.29, 0.717) is 12.0 Å². The van der Waals surface area contributed by atoms with Crippen LogP contribution in [0.2, 0.25) is 0 Å². The smallest absolute Gasteiger partial charge is 0.0900 e. The highest BCUT2D eigenvalue weighted by molar-refractivity contribution is 5.01. The molecule has 4 aliphatic rings. The van der Waals surface area contributed by atoms with Gasteiger partial charge in [-0.2, -0.15) is 0 Å². The lowest BCUT2D eigenvalue weighted by molar-refractivity contribution is -0.0740. The summed E-state index contributed by atoms with van der Waals surface area (Å²) in [4.78, 5) is 2.26. The molecule has 23 heavy (non-hydrogen) atoms. The number of hydrogen-bond acceptors (Lipinski definition) is 3. The Balaban J connectivity index is 0.00000192. The van der Waals surface area contributed by atoms with Gasteiger partial charge < -0.3 is 27.2 Å². The molecule has 1 atom stereocenters. The third kappa shape index (κ3) is 4.84. The van der Waals surface area contributed by atoms with Crippen molar-refractivity contribution in [2.75, 3.05) is 32.8 Å². The maximum absolute atomic E-state index is 10.1.